The van der Waals surface area contributed by atoms with Crippen molar-refractivity contribution in [3.8, 4) is 5.69 Å². The van der Waals surface area contributed by atoms with Gasteiger partial charge in [0.25, 0.3) is 0 Å². The van der Waals surface area contributed by atoms with Gasteiger partial charge in [0.1, 0.15) is 0 Å². The van der Waals surface area contributed by atoms with E-state index in [4.69, 9.17) is 17.0 Å². The average Bonchev–Trinajstić information content (AvgIpc) is 3.38. The summed E-state index contributed by atoms with van der Waals surface area (Å²) >= 11 is 5.88. The minimum atomic E-state index is -0.932. The van der Waals surface area contributed by atoms with Crippen LogP contribution in [0.5, 0.6) is 0 Å². The maximum atomic E-state index is 11.7. The Hall–Kier alpha value is -3.27. The number of carbonyl (C=O) groups is 1. The molecule has 0 unspecified atom stereocenters. The molecular formula is C28H33N5O3S. The number of carboxylic acid groups (broad SMARTS) is 1. The van der Waals surface area contributed by atoms with E-state index >= 15 is 0 Å². The van der Waals surface area contributed by atoms with Crippen LogP contribution in [0.4, 0.5) is 0 Å². The molecule has 0 saturated carbocycles. The molecule has 2 N–H and O–H groups in total. The Kier molecular flexibility index (Phi) is 7.28. The maximum absolute atomic E-state index is 11.7. The predicted molar refractivity (Wildman–Crippen MR) is 146 cm³/mol. The number of nitrogens with zero attached hydrogens (tertiary/aromatic N) is 4. The topological polar surface area (TPSA) is 82.9 Å². The zero-order valence-electron chi connectivity index (χ0n) is 21.5. The second-order valence-corrected chi connectivity index (χ2v) is 10.1. The number of ether oxygens (including phenoxy) is 1. The van der Waals surface area contributed by atoms with Crippen molar-refractivity contribution in [2.45, 2.75) is 32.9 Å². The van der Waals surface area contributed by atoms with E-state index in [9.17, 15) is 9.90 Å². The molecule has 8 nitrogen and oxygen atoms in total. The number of thiocarbonyl (C=S) groups is 1. The Morgan fingerprint density at radius 3 is 2.62 bits per heavy atom. The molecule has 0 aliphatic carbocycles. The Balaban J connectivity index is 1.56. The number of pyridine rings is 1. The second kappa shape index (κ2) is 10.6. The molecule has 1 aromatic carbocycles. The van der Waals surface area contributed by atoms with Crippen molar-refractivity contribution in [2.75, 3.05) is 39.4 Å². The number of hydrogen-bond acceptors (Lipinski definition) is 5. The van der Waals surface area contributed by atoms with Crippen LogP contribution in [0, 0.1) is 20.8 Å². The van der Waals surface area contributed by atoms with Crippen LogP contribution < -0.4 is 5.32 Å². The summed E-state index contributed by atoms with van der Waals surface area (Å²) in [5, 5.41) is 13.9. The summed E-state index contributed by atoms with van der Waals surface area (Å²) in [6.45, 7) is 11.2. The highest BCUT2D eigenvalue weighted by molar-refractivity contribution is 7.80. The van der Waals surface area contributed by atoms with E-state index in [1.165, 1.54) is 0 Å². The Labute approximate surface area is 222 Å². The van der Waals surface area contributed by atoms with Crippen molar-refractivity contribution < 1.29 is 14.6 Å². The van der Waals surface area contributed by atoms with E-state index in [0.29, 0.717) is 0 Å². The third kappa shape index (κ3) is 4.99. The molecule has 2 saturated heterocycles. The molecule has 2 aromatic heterocycles. The van der Waals surface area contributed by atoms with Crippen LogP contribution in [0.2, 0.25) is 0 Å². The largest absolute Gasteiger partial charge is 0.478 e. The van der Waals surface area contributed by atoms with Crippen molar-refractivity contribution in [3.63, 3.8) is 0 Å². The summed E-state index contributed by atoms with van der Waals surface area (Å²) in [4.78, 5) is 21.1. The molecule has 0 radical (unpaired) electrons. The first-order chi connectivity index (χ1) is 17.8. The molecular weight excluding hydrogens is 486 g/mol. The molecule has 2 fully saturated rings. The number of carboxylic acids is 1. The van der Waals surface area contributed by atoms with Gasteiger partial charge in [-0.05, 0) is 74.4 Å². The summed E-state index contributed by atoms with van der Waals surface area (Å²) in [6, 6.07) is 13.3. The van der Waals surface area contributed by atoms with Crippen LogP contribution in [0.15, 0.2) is 48.7 Å². The molecule has 4 heterocycles. The third-order valence-electron chi connectivity index (χ3n) is 7.44. The first kappa shape index (κ1) is 25.4. The normalized spacial score (nSPS) is 20.3. The number of morpholine rings is 1. The predicted octanol–water partition coefficient (Wildman–Crippen LogP) is 3.80. The Morgan fingerprint density at radius 2 is 1.92 bits per heavy atom. The fraction of sp³-hybridized carbons (Fsp3) is 0.393. The zero-order chi connectivity index (χ0) is 26.1. The van der Waals surface area contributed by atoms with Gasteiger partial charge in [-0.15, -0.1) is 0 Å². The first-order valence-electron chi connectivity index (χ1n) is 12.7. The van der Waals surface area contributed by atoms with Crippen LogP contribution in [0.3, 0.4) is 0 Å². The fourth-order valence-electron chi connectivity index (χ4n) is 5.50. The average molecular weight is 520 g/mol. The van der Waals surface area contributed by atoms with Crippen LogP contribution >= 0.6 is 12.2 Å². The number of hydrogen-bond donors (Lipinski definition) is 2. The molecule has 194 valence electrons. The maximum Gasteiger partial charge on any atom is 0.335 e. The van der Waals surface area contributed by atoms with E-state index in [1.54, 1.807) is 12.1 Å². The van der Waals surface area contributed by atoms with E-state index in [-0.39, 0.29) is 17.6 Å². The van der Waals surface area contributed by atoms with Gasteiger partial charge in [-0.3, -0.25) is 9.88 Å². The smallest absolute Gasteiger partial charge is 0.335 e. The molecule has 2 aliphatic rings. The Bertz CT molecular complexity index is 1300. The third-order valence-corrected chi connectivity index (χ3v) is 7.80. The molecule has 9 heteroatoms. The lowest BCUT2D eigenvalue weighted by molar-refractivity contribution is 0.0350. The number of rotatable bonds is 7. The molecule has 5 rings (SSSR count). The van der Waals surface area contributed by atoms with Crippen molar-refractivity contribution in [1.29, 1.82) is 0 Å². The summed E-state index contributed by atoms with van der Waals surface area (Å²) in [5.74, 6) is -0.932. The number of aryl methyl sites for hydroxylation is 2. The standard InChI is InChI=1S/C28H33N5O3S/c1-18-7-8-21(27(34)35)17-24(18)33-19(2)16-22(20(33)3)26-25(23-6-4-5-9-29-23)30-28(37)32(26)11-10-31-12-14-36-15-13-31/h4-9,16-17,25-26H,10-15H2,1-3H3,(H,30,37)(H,34,35)/t25-,26-/m0/s1. The lowest BCUT2D eigenvalue weighted by Crippen LogP contribution is -2.42. The molecule has 37 heavy (non-hydrogen) atoms. The van der Waals surface area contributed by atoms with Gasteiger partial charge < -0.3 is 24.6 Å². The quantitative estimate of drug-likeness (QED) is 0.456. The van der Waals surface area contributed by atoms with Crippen LogP contribution in [-0.4, -0.2) is 74.9 Å². The first-order valence-corrected chi connectivity index (χ1v) is 13.1. The number of aromatic carboxylic acids is 1. The van der Waals surface area contributed by atoms with Gasteiger partial charge in [0.2, 0.25) is 0 Å². The van der Waals surface area contributed by atoms with Gasteiger partial charge in [0.05, 0.1) is 36.6 Å². The van der Waals surface area contributed by atoms with Crippen LogP contribution in [0.1, 0.15) is 50.7 Å². The zero-order valence-corrected chi connectivity index (χ0v) is 22.3. The fourth-order valence-corrected chi connectivity index (χ4v) is 5.83. The molecule has 2 aliphatic heterocycles. The van der Waals surface area contributed by atoms with E-state index in [2.05, 4.69) is 44.6 Å². The van der Waals surface area contributed by atoms with Gasteiger partial charge in [-0.25, -0.2) is 4.79 Å². The van der Waals surface area contributed by atoms with E-state index in [1.807, 2.05) is 37.4 Å². The lowest BCUT2D eigenvalue weighted by atomic mass is 9.96. The number of nitrogens with one attached hydrogen (secondary N) is 1. The SMILES string of the molecule is Cc1ccc(C(=O)O)cc1-n1c(C)cc([C@H]2[C@H](c3ccccn3)NC(=S)N2CCN2CCOCC2)c1C. The van der Waals surface area contributed by atoms with Crippen molar-refractivity contribution in [1.82, 2.24) is 24.7 Å². The molecule has 0 amide bonds. The van der Waals surface area contributed by atoms with Crippen molar-refractivity contribution in [3.05, 3.63) is 82.4 Å². The number of benzene rings is 1. The second-order valence-electron chi connectivity index (χ2n) is 9.74. The highest BCUT2D eigenvalue weighted by atomic mass is 32.1. The highest BCUT2D eigenvalue weighted by Gasteiger charge is 2.41. The van der Waals surface area contributed by atoms with Gasteiger partial charge in [-0.2, -0.15) is 0 Å². The minimum Gasteiger partial charge on any atom is -0.478 e. The van der Waals surface area contributed by atoms with Crippen molar-refractivity contribution >= 4 is 23.3 Å². The van der Waals surface area contributed by atoms with Gasteiger partial charge in [0.15, 0.2) is 5.11 Å². The monoisotopic (exact) mass is 519 g/mol. The van der Waals surface area contributed by atoms with E-state index in [0.717, 1.165) is 78.4 Å². The van der Waals surface area contributed by atoms with Gasteiger partial charge >= 0.3 is 5.97 Å². The molecule has 0 bridgehead atoms. The minimum absolute atomic E-state index is 0.0497. The summed E-state index contributed by atoms with van der Waals surface area (Å²) in [5.41, 5.74) is 6.38. The summed E-state index contributed by atoms with van der Waals surface area (Å²) < 4.78 is 7.68. The Morgan fingerprint density at radius 1 is 1.14 bits per heavy atom. The van der Waals surface area contributed by atoms with Gasteiger partial charge in [0, 0.05) is 49.5 Å². The highest BCUT2D eigenvalue weighted by Crippen LogP contribution is 2.41. The lowest BCUT2D eigenvalue weighted by Gasteiger charge is -2.32. The van der Waals surface area contributed by atoms with Crippen LogP contribution in [-0.2, 0) is 4.74 Å². The van der Waals surface area contributed by atoms with Gasteiger partial charge in [-0.1, -0.05) is 12.1 Å². The van der Waals surface area contributed by atoms with Crippen molar-refractivity contribution in [2.24, 2.45) is 0 Å². The summed E-state index contributed by atoms with van der Waals surface area (Å²) in [7, 11) is 0. The molecule has 3 aromatic rings. The summed E-state index contributed by atoms with van der Waals surface area (Å²) in [6.07, 6.45) is 1.82. The molecule has 0 spiro atoms. The number of aromatic nitrogens is 2. The molecule has 2 atom stereocenters. The van der Waals surface area contributed by atoms with Crippen LogP contribution in [0.25, 0.3) is 5.69 Å². The van der Waals surface area contributed by atoms with E-state index < -0.39 is 5.97 Å².